The minimum Gasteiger partial charge on any atom is -0.383 e. The molecule has 2 N–H and O–H groups in total. The Balaban J connectivity index is 0.00000625. The summed E-state index contributed by atoms with van der Waals surface area (Å²) in [4.78, 5) is 4.59. The summed E-state index contributed by atoms with van der Waals surface area (Å²) in [5.74, 6) is 2.62. The second-order valence-corrected chi connectivity index (χ2v) is 6.81. The van der Waals surface area contributed by atoms with Crippen molar-refractivity contribution in [2.45, 2.75) is 66.0 Å². The molecule has 1 aromatic rings. The Morgan fingerprint density at radius 1 is 1.31 bits per heavy atom. The Labute approximate surface area is 175 Å². The number of ether oxygens (including phenoxy) is 1. The molecule has 1 rings (SSSR count). The monoisotopic (exact) mass is 480 g/mol. The molecule has 0 bridgehead atoms. The number of hydrogen-bond acceptors (Lipinski definition) is 4. The Morgan fingerprint density at radius 2 is 2.08 bits per heavy atom. The maximum atomic E-state index is 5.10. The lowest BCUT2D eigenvalue weighted by molar-refractivity contribution is 0.208. The third-order valence-corrected chi connectivity index (χ3v) is 4.02. The molecule has 0 aromatic carbocycles. The van der Waals surface area contributed by atoms with E-state index >= 15 is 0 Å². The highest BCUT2D eigenvalue weighted by Gasteiger charge is 2.07. The average molecular weight is 480 g/mol. The van der Waals surface area contributed by atoms with E-state index in [4.69, 9.17) is 4.74 Å². The minimum atomic E-state index is 0. The van der Waals surface area contributed by atoms with E-state index in [1.54, 1.807) is 13.4 Å². The largest absolute Gasteiger partial charge is 0.383 e. The molecule has 0 saturated heterocycles. The van der Waals surface area contributed by atoms with E-state index in [-0.39, 0.29) is 24.0 Å². The first-order valence-electron chi connectivity index (χ1n) is 9.47. The molecule has 8 heteroatoms. The van der Waals surface area contributed by atoms with Crippen molar-refractivity contribution in [2.75, 3.05) is 26.8 Å². The number of hydrogen-bond donors (Lipinski definition) is 2. The van der Waals surface area contributed by atoms with Crippen LogP contribution in [-0.2, 0) is 17.7 Å². The van der Waals surface area contributed by atoms with Crippen molar-refractivity contribution in [2.24, 2.45) is 10.9 Å². The molecule has 0 aliphatic carbocycles. The van der Waals surface area contributed by atoms with E-state index in [0.29, 0.717) is 19.2 Å². The Hall–Kier alpha value is -0.900. The van der Waals surface area contributed by atoms with Crippen molar-refractivity contribution < 1.29 is 4.74 Å². The molecule has 1 aromatic heterocycles. The molecule has 0 saturated carbocycles. The molecular formula is C18H37IN6O. The fourth-order valence-electron chi connectivity index (χ4n) is 2.57. The van der Waals surface area contributed by atoms with Crippen LogP contribution in [0.15, 0.2) is 11.3 Å². The lowest BCUT2D eigenvalue weighted by atomic mass is 10.0. The molecule has 0 fully saturated rings. The summed E-state index contributed by atoms with van der Waals surface area (Å²) >= 11 is 0. The highest BCUT2D eigenvalue weighted by atomic mass is 127. The molecule has 1 unspecified atom stereocenters. The van der Waals surface area contributed by atoms with Gasteiger partial charge in [0.25, 0.3) is 0 Å². The second-order valence-electron chi connectivity index (χ2n) is 6.81. The molecule has 1 atom stereocenters. The summed E-state index contributed by atoms with van der Waals surface area (Å²) in [6, 6.07) is 0.397. The maximum absolute atomic E-state index is 5.10. The summed E-state index contributed by atoms with van der Waals surface area (Å²) in [5.41, 5.74) is 0. The Morgan fingerprint density at radius 3 is 2.73 bits per heavy atom. The smallest absolute Gasteiger partial charge is 0.191 e. The summed E-state index contributed by atoms with van der Waals surface area (Å²) in [5, 5.41) is 15.0. The SMILES string of the molecule is CCc1nncn1CCNC(=NCCOC)NC(C)CCCC(C)C.I. The van der Waals surface area contributed by atoms with Gasteiger partial charge in [-0.3, -0.25) is 4.99 Å². The van der Waals surface area contributed by atoms with Crippen LogP contribution < -0.4 is 10.6 Å². The fourth-order valence-corrected chi connectivity index (χ4v) is 2.57. The van der Waals surface area contributed by atoms with Gasteiger partial charge in [0, 0.05) is 32.7 Å². The van der Waals surface area contributed by atoms with Crippen LogP contribution in [0.3, 0.4) is 0 Å². The third kappa shape index (κ3) is 10.9. The van der Waals surface area contributed by atoms with Crippen molar-refractivity contribution in [3.05, 3.63) is 12.2 Å². The first kappa shape index (κ1) is 25.1. The van der Waals surface area contributed by atoms with Crippen LogP contribution in [-0.4, -0.2) is 53.6 Å². The number of aryl methyl sites for hydroxylation is 1. The highest BCUT2D eigenvalue weighted by molar-refractivity contribution is 14.0. The van der Waals surface area contributed by atoms with E-state index in [1.165, 1.54) is 12.8 Å². The predicted octanol–water partition coefficient (Wildman–Crippen LogP) is 2.85. The predicted molar refractivity (Wildman–Crippen MR) is 118 cm³/mol. The number of rotatable bonds is 12. The first-order chi connectivity index (χ1) is 12.1. The lowest BCUT2D eigenvalue weighted by Crippen LogP contribution is -2.43. The molecule has 1 heterocycles. The normalized spacial score (nSPS) is 12.8. The summed E-state index contributed by atoms with van der Waals surface area (Å²) in [7, 11) is 1.70. The fraction of sp³-hybridized carbons (Fsp3) is 0.833. The molecule has 0 aliphatic heterocycles. The molecule has 0 spiro atoms. The number of aliphatic imine (C=N–C) groups is 1. The zero-order valence-electron chi connectivity index (χ0n) is 17.0. The second kappa shape index (κ2) is 15.2. The van der Waals surface area contributed by atoms with Gasteiger partial charge in [0.15, 0.2) is 5.96 Å². The van der Waals surface area contributed by atoms with E-state index < -0.39 is 0 Å². The Kier molecular flexibility index (Phi) is 14.7. The van der Waals surface area contributed by atoms with Crippen LogP contribution in [0.1, 0.15) is 52.8 Å². The topological polar surface area (TPSA) is 76.4 Å². The molecule has 0 radical (unpaired) electrons. The van der Waals surface area contributed by atoms with Gasteiger partial charge in [0.1, 0.15) is 12.2 Å². The van der Waals surface area contributed by atoms with Crippen LogP contribution in [0.2, 0.25) is 0 Å². The van der Waals surface area contributed by atoms with E-state index in [2.05, 4.69) is 58.1 Å². The van der Waals surface area contributed by atoms with E-state index in [9.17, 15) is 0 Å². The van der Waals surface area contributed by atoms with Gasteiger partial charge in [0.2, 0.25) is 0 Å². The highest BCUT2D eigenvalue weighted by Crippen LogP contribution is 2.08. The standard InChI is InChI=1S/C18H36N6O.HI/c1-6-17-23-21-14-24(17)12-10-19-18(20-11-13-25-5)22-16(4)9-7-8-15(2)3;/h14-16H,6-13H2,1-5H3,(H2,19,20,22);1H. The van der Waals surface area contributed by atoms with Gasteiger partial charge >= 0.3 is 0 Å². The molecule has 26 heavy (non-hydrogen) atoms. The van der Waals surface area contributed by atoms with E-state index in [0.717, 1.165) is 43.6 Å². The number of aromatic nitrogens is 3. The molecule has 0 amide bonds. The van der Waals surface area contributed by atoms with Crippen LogP contribution in [0.4, 0.5) is 0 Å². The summed E-state index contributed by atoms with van der Waals surface area (Å²) in [6.45, 7) is 11.7. The van der Waals surface area contributed by atoms with Crippen LogP contribution in [0.25, 0.3) is 0 Å². The molecular weight excluding hydrogens is 443 g/mol. The number of guanidine groups is 1. The summed E-state index contributed by atoms with van der Waals surface area (Å²) < 4.78 is 7.17. The van der Waals surface area contributed by atoms with Crippen molar-refractivity contribution in [1.82, 2.24) is 25.4 Å². The number of nitrogens with one attached hydrogen (secondary N) is 2. The third-order valence-electron chi connectivity index (χ3n) is 4.02. The van der Waals surface area contributed by atoms with Crippen molar-refractivity contribution >= 4 is 29.9 Å². The number of halogens is 1. The Bertz CT molecular complexity index is 492. The van der Waals surface area contributed by atoms with Gasteiger partial charge in [-0.05, 0) is 19.3 Å². The average Bonchev–Trinajstić information content (AvgIpc) is 3.02. The van der Waals surface area contributed by atoms with Gasteiger partial charge in [-0.2, -0.15) is 0 Å². The zero-order valence-corrected chi connectivity index (χ0v) is 19.3. The van der Waals surface area contributed by atoms with Crippen molar-refractivity contribution in [3.63, 3.8) is 0 Å². The zero-order chi connectivity index (χ0) is 18.5. The number of methoxy groups -OCH3 is 1. The number of nitrogens with zero attached hydrogens (tertiary/aromatic N) is 4. The molecule has 152 valence electrons. The van der Waals surface area contributed by atoms with Crippen molar-refractivity contribution in [3.8, 4) is 0 Å². The maximum Gasteiger partial charge on any atom is 0.191 e. The van der Waals surface area contributed by atoms with Gasteiger partial charge in [0.05, 0.1) is 13.2 Å². The van der Waals surface area contributed by atoms with Crippen LogP contribution in [0.5, 0.6) is 0 Å². The van der Waals surface area contributed by atoms with Crippen LogP contribution in [0, 0.1) is 5.92 Å². The molecule has 7 nitrogen and oxygen atoms in total. The van der Waals surface area contributed by atoms with Gasteiger partial charge < -0.3 is 19.9 Å². The van der Waals surface area contributed by atoms with Gasteiger partial charge in [-0.25, -0.2) is 0 Å². The summed E-state index contributed by atoms with van der Waals surface area (Å²) in [6.07, 6.45) is 6.32. The lowest BCUT2D eigenvalue weighted by Gasteiger charge is -2.19. The first-order valence-corrected chi connectivity index (χ1v) is 9.47. The van der Waals surface area contributed by atoms with Gasteiger partial charge in [-0.1, -0.05) is 33.6 Å². The van der Waals surface area contributed by atoms with Crippen LogP contribution >= 0.6 is 24.0 Å². The molecule has 0 aliphatic rings. The van der Waals surface area contributed by atoms with E-state index in [1.807, 2.05) is 0 Å². The minimum absolute atomic E-state index is 0. The van der Waals surface area contributed by atoms with Crippen molar-refractivity contribution in [1.29, 1.82) is 0 Å². The van der Waals surface area contributed by atoms with Gasteiger partial charge in [-0.15, -0.1) is 34.2 Å². The quantitative estimate of drug-likeness (QED) is 0.208.